The SMILES string of the molecule is CCCCC1(O[N+](=O)[O-])C[C@H]2CCCC[C@@H]2OC1CC. The lowest BCUT2D eigenvalue weighted by Crippen LogP contribution is -2.56. The van der Waals surface area contributed by atoms with E-state index >= 15 is 0 Å². The van der Waals surface area contributed by atoms with Crippen LogP contribution in [0, 0.1) is 16.0 Å². The van der Waals surface area contributed by atoms with E-state index in [9.17, 15) is 10.1 Å². The molecular weight excluding hydrogens is 258 g/mol. The zero-order chi connectivity index (χ0) is 14.6. The molecule has 0 N–H and O–H groups in total. The van der Waals surface area contributed by atoms with Crippen LogP contribution in [-0.4, -0.2) is 22.9 Å². The molecule has 1 aliphatic carbocycles. The third-order valence-electron chi connectivity index (χ3n) is 4.95. The van der Waals surface area contributed by atoms with Gasteiger partial charge >= 0.3 is 0 Å². The predicted molar refractivity (Wildman–Crippen MR) is 75.9 cm³/mol. The van der Waals surface area contributed by atoms with Gasteiger partial charge in [0.25, 0.3) is 5.09 Å². The van der Waals surface area contributed by atoms with Gasteiger partial charge in [-0.1, -0.05) is 39.5 Å². The average Bonchev–Trinajstić information content (AvgIpc) is 2.43. The summed E-state index contributed by atoms with van der Waals surface area (Å²) in [5.41, 5.74) is -0.716. The van der Waals surface area contributed by atoms with Crippen molar-refractivity contribution in [3.8, 4) is 0 Å². The largest absolute Gasteiger partial charge is 0.372 e. The highest BCUT2D eigenvalue weighted by Gasteiger charge is 2.50. The summed E-state index contributed by atoms with van der Waals surface area (Å²) in [5.74, 6) is 0.434. The van der Waals surface area contributed by atoms with Gasteiger partial charge in [0.15, 0.2) is 0 Å². The van der Waals surface area contributed by atoms with Crippen LogP contribution in [0.15, 0.2) is 0 Å². The number of hydrogen-bond donors (Lipinski definition) is 0. The van der Waals surface area contributed by atoms with Gasteiger partial charge in [-0.3, -0.25) is 0 Å². The third kappa shape index (κ3) is 3.25. The van der Waals surface area contributed by atoms with Gasteiger partial charge in [-0.2, -0.15) is 0 Å². The molecule has 0 aromatic heterocycles. The minimum absolute atomic E-state index is 0.140. The van der Waals surface area contributed by atoms with E-state index in [4.69, 9.17) is 9.57 Å². The van der Waals surface area contributed by atoms with Crippen LogP contribution in [0.5, 0.6) is 0 Å². The lowest BCUT2D eigenvalue weighted by molar-refractivity contribution is -0.786. The van der Waals surface area contributed by atoms with E-state index in [2.05, 4.69) is 6.92 Å². The Morgan fingerprint density at radius 2 is 2.10 bits per heavy atom. The van der Waals surface area contributed by atoms with E-state index in [1.807, 2.05) is 6.92 Å². The van der Waals surface area contributed by atoms with Gasteiger partial charge in [-0.05, 0) is 38.0 Å². The van der Waals surface area contributed by atoms with Crippen LogP contribution in [0.2, 0.25) is 0 Å². The van der Waals surface area contributed by atoms with Crippen LogP contribution in [0.1, 0.15) is 71.6 Å². The second-order valence-electron chi connectivity index (χ2n) is 6.30. The van der Waals surface area contributed by atoms with Crippen molar-refractivity contribution in [3.05, 3.63) is 10.1 Å². The van der Waals surface area contributed by atoms with Crippen molar-refractivity contribution in [1.29, 1.82) is 0 Å². The first-order valence-electron chi connectivity index (χ1n) is 8.10. The summed E-state index contributed by atoms with van der Waals surface area (Å²) in [6.07, 6.45) is 9.07. The minimum Gasteiger partial charge on any atom is -0.372 e. The van der Waals surface area contributed by atoms with Crippen LogP contribution < -0.4 is 0 Å². The van der Waals surface area contributed by atoms with E-state index in [-0.39, 0.29) is 6.10 Å². The molecule has 2 aliphatic rings. The van der Waals surface area contributed by atoms with E-state index in [1.165, 1.54) is 12.8 Å². The Morgan fingerprint density at radius 3 is 2.75 bits per heavy atom. The number of rotatable bonds is 6. The highest BCUT2D eigenvalue weighted by molar-refractivity contribution is 4.97. The summed E-state index contributed by atoms with van der Waals surface area (Å²) in [4.78, 5) is 16.2. The van der Waals surface area contributed by atoms with Crippen LogP contribution in [0.3, 0.4) is 0 Å². The molecular formula is C15H27NO4. The van der Waals surface area contributed by atoms with Gasteiger partial charge in [0, 0.05) is 0 Å². The zero-order valence-corrected chi connectivity index (χ0v) is 12.7. The van der Waals surface area contributed by atoms with Gasteiger partial charge in [0.2, 0.25) is 0 Å². The smallest absolute Gasteiger partial charge is 0.295 e. The van der Waals surface area contributed by atoms with Gasteiger partial charge in [0.05, 0.1) is 12.2 Å². The number of unbranched alkanes of at least 4 members (excludes halogenated alkanes) is 1. The van der Waals surface area contributed by atoms with E-state index in [0.717, 1.165) is 44.9 Å². The standard InChI is InChI=1S/C15H27NO4/c1-3-5-10-15(20-16(17)18)11-12-8-6-7-9-13(12)19-14(15)4-2/h12-14H,3-11H2,1-2H3/t12-,13+,14?,15?/m1/s1. The van der Waals surface area contributed by atoms with Crippen molar-refractivity contribution < 1.29 is 14.7 Å². The summed E-state index contributed by atoms with van der Waals surface area (Å²) in [6.45, 7) is 4.14. The number of nitrogens with zero attached hydrogens (tertiary/aromatic N) is 1. The molecule has 0 aromatic rings. The van der Waals surface area contributed by atoms with Crippen molar-refractivity contribution >= 4 is 0 Å². The van der Waals surface area contributed by atoms with Gasteiger partial charge in [0.1, 0.15) is 5.60 Å². The Morgan fingerprint density at radius 1 is 1.35 bits per heavy atom. The average molecular weight is 285 g/mol. The first-order valence-corrected chi connectivity index (χ1v) is 8.10. The molecule has 1 heterocycles. The Kier molecular flexibility index (Phi) is 5.24. The van der Waals surface area contributed by atoms with Crippen molar-refractivity contribution in [3.63, 3.8) is 0 Å². The van der Waals surface area contributed by atoms with Crippen LogP contribution >= 0.6 is 0 Å². The first kappa shape index (κ1) is 15.5. The first-order chi connectivity index (χ1) is 9.61. The molecule has 0 aromatic carbocycles. The molecule has 0 bridgehead atoms. The molecule has 2 unspecified atom stereocenters. The fourth-order valence-electron chi connectivity index (χ4n) is 3.99. The maximum Gasteiger partial charge on any atom is 0.295 e. The summed E-state index contributed by atoms with van der Waals surface area (Å²) in [6, 6.07) is 0. The fourth-order valence-corrected chi connectivity index (χ4v) is 3.99. The number of hydrogen-bond acceptors (Lipinski definition) is 4. The van der Waals surface area contributed by atoms with Crippen LogP contribution in [-0.2, 0) is 9.57 Å². The Bertz CT molecular complexity index is 336. The van der Waals surface area contributed by atoms with Crippen molar-refractivity contribution in [2.45, 2.75) is 89.4 Å². The Balaban J connectivity index is 2.18. The Labute approximate surface area is 121 Å². The molecule has 5 heteroatoms. The minimum atomic E-state index is -0.716. The van der Waals surface area contributed by atoms with Crippen molar-refractivity contribution in [1.82, 2.24) is 0 Å². The molecule has 1 saturated heterocycles. The van der Waals surface area contributed by atoms with Crippen LogP contribution in [0.4, 0.5) is 0 Å². The third-order valence-corrected chi connectivity index (χ3v) is 4.95. The maximum atomic E-state index is 11.0. The predicted octanol–water partition coefficient (Wildman–Crippen LogP) is 3.88. The monoisotopic (exact) mass is 285 g/mol. The summed E-state index contributed by atoms with van der Waals surface area (Å²) in [5, 5.41) is 10.4. The van der Waals surface area contributed by atoms with Crippen molar-refractivity contribution in [2.75, 3.05) is 0 Å². The molecule has 5 nitrogen and oxygen atoms in total. The topological polar surface area (TPSA) is 61.6 Å². The number of fused-ring (bicyclic) bond motifs is 1. The summed E-state index contributed by atoms with van der Waals surface area (Å²) >= 11 is 0. The van der Waals surface area contributed by atoms with Crippen LogP contribution in [0.25, 0.3) is 0 Å². The highest BCUT2D eigenvalue weighted by Crippen LogP contribution is 2.45. The second-order valence-corrected chi connectivity index (χ2v) is 6.30. The van der Waals surface area contributed by atoms with E-state index in [1.54, 1.807) is 0 Å². The summed E-state index contributed by atoms with van der Waals surface area (Å²) < 4.78 is 6.22. The van der Waals surface area contributed by atoms with Gasteiger partial charge < -0.3 is 9.57 Å². The molecule has 0 amide bonds. The lowest BCUT2D eigenvalue weighted by atomic mass is 9.72. The van der Waals surface area contributed by atoms with Gasteiger partial charge in [-0.15, -0.1) is 10.1 Å². The van der Waals surface area contributed by atoms with E-state index < -0.39 is 10.7 Å². The lowest BCUT2D eigenvalue weighted by Gasteiger charge is -2.49. The molecule has 4 atom stereocenters. The van der Waals surface area contributed by atoms with Crippen molar-refractivity contribution in [2.24, 2.45) is 5.92 Å². The molecule has 116 valence electrons. The Hall–Kier alpha value is -0.840. The number of ether oxygens (including phenoxy) is 1. The molecule has 1 aliphatic heterocycles. The van der Waals surface area contributed by atoms with Gasteiger partial charge in [-0.25, -0.2) is 0 Å². The molecule has 0 spiro atoms. The molecule has 2 fully saturated rings. The quantitative estimate of drug-likeness (QED) is 0.549. The highest BCUT2D eigenvalue weighted by atomic mass is 17.0. The summed E-state index contributed by atoms with van der Waals surface area (Å²) in [7, 11) is 0. The second kappa shape index (κ2) is 6.74. The van der Waals surface area contributed by atoms with E-state index in [0.29, 0.717) is 12.0 Å². The molecule has 20 heavy (non-hydrogen) atoms. The normalized spacial score (nSPS) is 37.2. The fraction of sp³-hybridized carbons (Fsp3) is 1.00. The molecule has 0 radical (unpaired) electrons. The zero-order valence-electron chi connectivity index (χ0n) is 12.7. The maximum absolute atomic E-state index is 11.0. The molecule has 1 saturated carbocycles. The molecule has 2 rings (SSSR count).